The molecule has 9 heteroatoms. The Balaban J connectivity index is 3.83. The Labute approximate surface area is 94.0 Å². The van der Waals surface area contributed by atoms with Gasteiger partial charge in [0.2, 0.25) is 0 Å². The van der Waals surface area contributed by atoms with Crippen molar-refractivity contribution in [2.45, 2.75) is 19.3 Å². The lowest BCUT2D eigenvalue weighted by atomic mass is 10.0. The molecule has 0 aromatic heterocycles. The van der Waals surface area contributed by atoms with Gasteiger partial charge in [0.05, 0.1) is 0 Å². The van der Waals surface area contributed by atoms with E-state index in [4.69, 9.17) is 0 Å². The molecule has 0 atom stereocenters. The summed E-state index contributed by atoms with van der Waals surface area (Å²) in [6.07, 6.45) is -11.4. The second-order valence-corrected chi connectivity index (χ2v) is 3.31. The number of alkyl halides is 6. The molecule has 0 aliphatic carbocycles. The standard InChI is InChI=1S/C9H3F9/c1-2-5(10)3(8(13,14)15)7(12)4(6(2)11)9(16,17)18/h1H3. The Morgan fingerprint density at radius 1 is 0.611 bits per heavy atom. The number of halogens is 9. The highest BCUT2D eigenvalue weighted by atomic mass is 19.4. The average molecular weight is 282 g/mol. The van der Waals surface area contributed by atoms with E-state index < -0.39 is 46.5 Å². The average Bonchev–Trinajstić information content (AvgIpc) is 2.09. The molecular formula is C9H3F9. The molecule has 0 aliphatic heterocycles. The van der Waals surface area contributed by atoms with Crippen molar-refractivity contribution in [1.82, 2.24) is 0 Å². The summed E-state index contributed by atoms with van der Waals surface area (Å²) in [4.78, 5) is 0. The van der Waals surface area contributed by atoms with E-state index in [0.29, 0.717) is 6.92 Å². The lowest BCUT2D eigenvalue weighted by molar-refractivity contribution is -0.151. The van der Waals surface area contributed by atoms with Crippen LogP contribution in [0, 0.1) is 24.4 Å². The third-order valence-corrected chi connectivity index (χ3v) is 2.10. The van der Waals surface area contributed by atoms with Crippen LogP contribution in [0.4, 0.5) is 39.5 Å². The summed E-state index contributed by atoms with van der Waals surface area (Å²) in [6, 6.07) is 0. The SMILES string of the molecule is Cc1c(F)c(C(F)(F)F)c(F)c(C(F)(F)F)c1F. The molecule has 0 bridgehead atoms. The molecule has 0 N–H and O–H groups in total. The molecule has 1 aromatic rings. The van der Waals surface area contributed by atoms with Gasteiger partial charge in [-0.15, -0.1) is 0 Å². The largest absolute Gasteiger partial charge is 0.422 e. The fraction of sp³-hybridized carbons (Fsp3) is 0.333. The van der Waals surface area contributed by atoms with Gasteiger partial charge < -0.3 is 0 Å². The molecule has 0 spiro atoms. The Kier molecular flexibility index (Phi) is 3.30. The molecule has 102 valence electrons. The van der Waals surface area contributed by atoms with Crippen LogP contribution in [0.1, 0.15) is 16.7 Å². The van der Waals surface area contributed by atoms with Crippen LogP contribution in [0.5, 0.6) is 0 Å². The van der Waals surface area contributed by atoms with Crippen LogP contribution in [0.15, 0.2) is 0 Å². The van der Waals surface area contributed by atoms with Crippen molar-refractivity contribution in [3.05, 3.63) is 34.1 Å². The number of rotatable bonds is 0. The Morgan fingerprint density at radius 3 is 1.11 bits per heavy atom. The third-order valence-electron chi connectivity index (χ3n) is 2.10. The van der Waals surface area contributed by atoms with Crippen molar-refractivity contribution in [2.24, 2.45) is 0 Å². The minimum Gasteiger partial charge on any atom is -0.206 e. The predicted molar refractivity (Wildman–Crippen MR) is 41.1 cm³/mol. The lowest BCUT2D eigenvalue weighted by Gasteiger charge is -2.17. The van der Waals surface area contributed by atoms with Gasteiger partial charge in [-0.3, -0.25) is 0 Å². The molecule has 0 fully saturated rings. The number of hydrogen-bond donors (Lipinski definition) is 0. The first-order chi connectivity index (χ1) is 7.89. The predicted octanol–water partition coefficient (Wildman–Crippen LogP) is 4.45. The van der Waals surface area contributed by atoms with Crippen LogP contribution in [0.3, 0.4) is 0 Å². The smallest absolute Gasteiger partial charge is 0.206 e. The van der Waals surface area contributed by atoms with Gasteiger partial charge in [0.1, 0.15) is 22.8 Å². The van der Waals surface area contributed by atoms with Crippen molar-refractivity contribution in [2.75, 3.05) is 0 Å². The van der Waals surface area contributed by atoms with E-state index in [1.807, 2.05) is 0 Å². The highest BCUT2D eigenvalue weighted by Gasteiger charge is 2.47. The van der Waals surface area contributed by atoms with E-state index in [1.54, 1.807) is 0 Å². The van der Waals surface area contributed by atoms with Gasteiger partial charge in [0.25, 0.3) is 0 Å². The first-order valence-electron chi connectivity index (χ1n) is 4.20. The highest BCUT2D eigenvalue weighted by molar-refractivity contribution is 5.38. The fourth-order valence-corrected chi connectivity index (χ4v) is 1.29. The van der Waals surface area contributed by atoms with E-state index in [9.17, 15) is 39.5 Å². The summed E-state index contributed by atoms with van der Waals surface area (Å²) in [5.41, 5.74) is -7.06. The minimum absolute atomic E-state index is 0.356. The van der Waals surface area contributed by atoms with Gasteiger partial charge in [0.15, 0.2) is 5.82 Å². The van der Waals surface area contributed by atoms with Gasteiger partial charge in [-0.25, -0.2) is 13.2 Å². The second kappa shape index (κ2) is 4.06. The van der Waals surface area contributed by atoms with Gasteiger partial charge in [-0.2, -0.15) is 26.3 Å². The van der Waals surface area contributed by atoms with Crippen molar-refractivity contribution >= 4 is 0 Å². The summed E-state index contributed by atoms with van der Waals surface area (Å²) < 4.78 is 112. The molecule has 0 nitrogen and oxygen atoms in total. The topological polar surface area (TPSA) is 0 Å². The normalized spacial score (nSPS) is 13.0. The van der Waals surface area contributed by atoms with Crippen LogP contribution in [0.25, 0.3) is 0 Å². The number of benzene rings is 1. The maximum Gasteiger partial charge on any atom is 0.422 e. The Bertz CT molecular complexity index is 439. The number of hydrogen-bond acceptors (Lipinski definition) is 0. The van der Waals surface area contributed by atoms with Crippen molar-refractivity contribution < 1.29 is 39.5 Å². The summed E-state index contributed by atoms with van der Waals surface area (Å²) in [6.45, 7) is 0.356. The van der Waals surface area contributed by atoms with Crippen LogP contribution in [-0.2, 0) is 12.4 Å². The quantitative estimate of drug-likeness (QED) is 0.617. The van der Waals surface area contributed by atoms with E-state index in [2.05, 4.69) is 0 Å². The summed E-state index contributed by atoms with van der Waals surface area (Å²) >= 11 is 0. The molecular weight excluding hydrogens is 279 g/mol. The van der Waals surface area contributed by atoms with Crippen molar-refractivity contribution in [3.63, 3.8) is 0 Å². The van der Waals surface area contributed by atoms with Gasteiger partial charge in [-0.1, -0.05) is 0 Å². The maximum absolute atomic E-state index is 13.0. The Hall–Kier alpha value is -1.41. The summed E-state index contributed by atoms with van der Waals surface area (Å²) in [7, 11) is 0. The molecule has 0 saturated heterocycles. The van der Waals surface area contributed by atoms with Gasteiger partial charge in [-0.05, 0) is 6.92 Å². The molecule has 0 radical (unpaired) electrons. The molecule has 1 rings (SSSR count). The van der Waals surface area contributed by atoms with Gasteiger partial charge >= 0.3 is 12.4 Å². The molecule has 18 heavy (non-hydrogen) atoms. The molecule has 0 amide bonds. The second-order valence-electron chi connectivity index (χ2n) is 3.31. The van der Waals surface area contributed by atoms with Gasteiger partial charge in [0, 0.05) is 5.56 Å². The monoisotopic (exact) mass is 282 g/mol. The Morgan fingerprint density at radius 2 is 0.889 bits per heavy atom. The van der Waals surface area contributed by atoms with Crippen LogP contribution < -0.4 is 0 Å². The van der Waals surface area contributed by atoms with E-state index in [-0.39, 0.29) is 0 Å². The molecule has 1 aromatic carbocycles. The first-order valence-corrected chi connectivity index (χ1v) is 4.20. The van der Waals surface area contributed by atoms with E-state index in [0.717, 1.165) is 0 Å². The zero-order valence-corrected chi connectivity index (χ0v) is 8.40. The van der Waals surface area contributed by atoms with Crippen molar-refractivity contribution in [3.8, 4) is 0 Å². The molecule has 0 heterocycles. The first kappa shape index (κ1) is 14.7. The van der Waals surface area contributed by atoms with E-state index in [1.165, 1.54) is 0 Å². The summed E-state index contributed by atoms with van der Waals surface area (Å²) in [5, 5.41) is 0. The van der Waals surface area contributed by atoms with Crippen LogP contribution >= 0.6 is 0 Å². The molecule has 0 aliphatic rings. The maximum atomic E-state index is 13.0. The lowest BCUT2D eigenvalue weighted by Crippen LogP contribution is -2.21. The zero-order chi connectivity index (χ0) is 14.5. The fourth-order valence-electron chi connectivity index (χ4n) is 1.29. The summed E-state index contributed by atoms with van der Waals surface area (Å²) in [5.74, 6) is -7.80. The minimum atomic E-state index is -5.70. The van der Waals surface area contributed by atoms with Crippen LogP contribution in [0.2, 0.25) is 0 Å². The zero-order valence-electron chi connectivity index (χ0n) is 8.40. The van der Waals surface area contributed by atoms with Crippen LogP contribution in [-0.4, -0.2) is 0 Å². The highest BCUT2D eigenvalue weighted by Crippen LogP contribution is 2.42. The third kappa shape index (κ3) is 2.25. The molecule has 0 saturated carbocycles. The van der Waals surface area contributed by atoms with Crippen molar-refractivity contribution in [1.29, 1.82) is 0 Å². The van der Waals surface area contributed by atoms with E-state index >= 15 is 0 Å². The molecule has 0 unspecified atom stereocenters.